The van der Waals surface area contributed by atoms with Crippen LogP contribution in [0.15, 0.2) is 36.1 Å². The molecule has 5 heteroatoms. The van der Waals surface area contributed by atoms with E-state index in [-0.39, 0.29) is 0 Å². The molecule has 2 rings (SSSR count). The summed E-state index contributed by atoms with van der Waals surface area (Å²) in [5.74, 6) is 0. The fourth-order valence-corrected chi connectivity index (χ4v) is 0.989. The SMILES string of the molecule is Cn1cccc1/C=N/n1cnnc1. The molecule has 0 atom stereocenters. The second-order valence-electron chi connectivity index (χ2n) is 2.63. The smallest absolute Gasteiger partial charge is 0.141 e. The highest BCUT2D eigenvalue weighted by Crippen LogP contribution is 1.95. The van der Waals surface area contributed by atoms with Crippen LogP contribution in [0.25, 0.3) is 0 Å². The van der Waals surface area contributed by atoms with Crippen molar-refractivity contribution in [1.29, 1.82) is 0 Å². The molecule has 0 saturated heterocycles. The van der Waals surface area contributed by atoms with Gasteiger partial charge in [-0.3, -0.25) is 0 Å². The molecule has 0 amide bonds. The van der Waals surface area contributed by atoms with Gasteiger partial charge in [-0.05, 0) is 12.1 Å². The van der Waals surface area contributed by atoms with Gasteiger partial charge in [0, 0.05) is 13.2 Å². The normalized spacial score (nSPS) is 11.2. The first-order valence-electron chi connectivity index (χ1n) is 3.86. The molecule has 2 aromatic rings. The lowest BCUT2D eigenvalue weighted by Crippen LogP contribution is -1.94. The van der Waals surface area contributed by atoms with Crippen LogP contribution in [0.3, 0.4) is 0 Å². The van der Waals surface area contributed by atoms with Gasteiger partial charge in [-0.25, -0.2) is 4.68 Å². The van der Waals surface area contributed by atoms with Crippen molar-refractivity contribution in [2.24, 2.45) is 12.1 Å². The molecule has 0 N–H and O–H groups in total. The maximum atomic E-state index is 4.12. The number of aromatic nitrogens is 4. The quantitative estimate of drug-likeness (QED) is 0.624. The third-order valence-corrected chi connectivity index (χ3v) is 1.71. The first kappa shape index (κ1) is 7.72. The fraction of sp³-hybridized carbons (Fsp3) is 0.125. The van der Waals surface area contributed by atoms with Crippen molar-refractivity contribution < 1.29 is 0 Å². The second-order valence-corrected chi connectivity index (χ2v) is 2.63. The Bertz CT molecular complexity index is 398. The van der Waals surface area contributed by atoms with Crippen LogP contribution in [0, 0.1) is 0 Å². The Morgan fingerprint density at radius 3 is 2.77 bits per heavy atom. The van der Waals surface area contributed by atoms with E-state index in [1.807, 2.05) is 29.9 Å². The highest BCUT2D eigenvalue weighted by Gasteiger charge is 1.91. The molecular weight excluding hydrogens is 166 g/mol. The second kappa shape index (κ2) is 3.22. The summed E-state index contributed by atoms with van der Waals surface area (Å²) in [7, 11) is 1.97. The van der Waals surface area contributed by atoms with E-state index in [1.165, 1.54) is 0 Å². The maximum Gasteiger partial charge on any atom is 0.141 e. The molecule has 5 nitrogen and oxygen atoms in total. The van der Waals surface area contributed by atoms with Crippen molar-refractivity contribution in [3.63, 3.8) is 0 Å². The maximum absolute atomic E-state index is 4.12. The average Bonchev–Trinajstić information content (AvgIpc) is 2.72. The number of nitrogens with zero attached hydrogens (tertiary/aromatic N) is 5. The highest BCUT2D eigenvalue weighted by molar-refractivity contribution is 5.77. The molecule has 0 aromatic carbocycles. The molecule has 0 spiro atoms. The molecule has 0 fully saturated rings. The Kier molecular flexibility index (Phi) is 1.91. The van der Waals surface area contributed by atoms with E-state index in [1.54, 1.807) is 23.5 Å². The molecule has 0 aliphatic rings. The van der Waals surface area contributed by atoms with E-state index < -0.39 is 0 Å². The van der Waals surface area contributed by atoms with E-state index in [2.05, 4.69) is 15.3 Å². The van der Waals surface area contributed by atoms with E-state index in [4.69, 9.17) is 0 Å². The van der Waals surface area contributed by atoms with Crippen LogP contribution >= 0.6 is 0 Å². The summed E-state index contributed by atoms with van der Waals surface area (Å²) in [4.78, 5) is 0. The van der Waals surface area contributed by atoms with Crippen LogP contribution in [-0.4, -0.2) is 25.7 Å². The van der Waals surface area contributed by atoms with Crippen LogP contribution in [0.5, 0.6) is 0 Å². The minimum atomic E-state index is 1.04. The van der Waals surface area contributed by atoms with E-state index in [0.717, 1.165) is 5.69 Å². The molecule has 0 aliphatic heterocycles. The first-order valence-corrected chi connectivity index (χ1v) is 3.86. The van der Waals surface area contributed by atoms with Gasteiger partial charge in [0.15, 0.2) is 0 Å². The predicted molar refractivity (Wildman–Crippen MR) is 48.4 cm³/mol. The molecule has 66 valence electrons. The number of hydrogen-bond donors (Lipinski definition) is 0. The highest BCUT2D eigenvalue weighted by atomic mass is 15.4. The minimum absolute atomic E-state index is 1.04. The van der Waals surface area contributed by atoms with Gasteiger partial charge in [-0.1, -0.05) is 0 Å². The zero-order valence-electron chi connectivity index (χ0n) is 7.20. The van der Waals surface area contributed by atoms with Gasteiger partial charge in [0.2, 0.25) is 0 Å². The minimum Gasteiger partial charge on any atom is -0.350 e. The van der Waals surface area contributed by atoms with Crippen molar-refractivity contribution in [1.82, 2.24) is 19.4 Å². The van der Waals surface area contributed by atoms with E-state index in [0.29, 0.717) is 0 Å². The summed E-state index contributed by atoms with van der Waals surface area (Å²) in [6.07, 6.45) is 6.80. The lowest BCUT2D eigenvalue weighted by molar-refractivity contribution is 0.867. The van der Waals surface area contributed by atoms with Crippen molar-refractivity contribution in [2.45, 2.75) is 0 Å². The molecular formula is C8H9N5. The zero-order chi connectivity index (χ0) is 9.10. The van der Waals surface area contributed by atoms with Gasteiger partial charge >= 0.3 is 0 Å². The molecule has 0 aliphatic carbocycles. The number of rotatable bonds is 2. The average molecular weight is 175 g/mol. The van der Waals surface area contributed by atoms with Gasteiger partial charge < -0.3 is 4.57 Å². The Morgan fingerprint density at radius 2 is 2.15 bits per heavy atom. The van der Waals surface area contributed by atoms with Crippen molar-refractivity contribution in [2.75, 3.05) is 0 Å². The van der Waals surface area contributed by atoms with Crippen LogP contribution in [0.4, 0.5) is 0 Å². The van der Waals surface area contributed by atoms with E-state index >= 15 is 0 Å². The third kappa shape index (κ3) is 1.64. The van der Waals surface area contributed by atoms with Gasteiger partial charge in [-0.15, -0.1) is 10.2 Å². The lowest BCUT2D eigenvalue weighted by atomic mass is 10.5. The first-order chi connectivity index (χ1) is 6.36. The lowest BCUT2D eigenvalue weighted by Gasteiger charge is -1.94. The molecule has 0 radical (unpaired) electrons. The Balaban J connectivity index is 2.19. The molecule has 0 saturated carbocycles. The number of hydrogen-bond acceptors (Lipinski definition) is 3. The zero-order valence-corrected chi connectivity index (χ0v) is 7.20. The Morgan fingerprint density at radius 1 is 1.38 bits per heavy atom. The van der Waals surface area contributed by atoms with Crippen molar-refractivity contribution >= 4 is 6.21 Å². The summed E-state index contributed by atoms with van der Waals surface area (Å²) in [5, 5.41) is 11.4. The monoisotopic (exact) mass is 175 g/mol. The molecule has 13 heavy (non-hydrogen) atoms. The third-order valence-electron chi connectivity index (χ3n) is 1.71. The Labute approximate surface area is 75.3 Å². The summed E-state index contributed by atoms with van der Waals surface area (Å²) < 4.78 is 3.53. The van der Waals surface area contributed by atoms with Crippen molar-refractivity contribution in [3.05, 3.63) is 36.7 Å². The van der Waals surface area contributed by atoms with Crippen LogP contribution in [-0.2, 0) is 7.05 Å². The van der Waals surface area contributed by atoms with E-state index in [9.17, 15) is 0 Å². The molecule has 2 heterocycles. The largest absolute Gasteiger partial charge is 0.350 e. The fourth-order valence-electron chi connectivity index (χ4n) is 0.989. The van der Waals surface area contributed by atoms with Gasteiger partial charge in [0.05, 0.1) is 11.9 Å². The Hall–Kier alpha value is -1.91. The van der Waals surface area contributed by atoms with Gasteiger partial charge in [0.1, 0.15) is 12.7 Å². The summed E-state index contributed by atoms with van der Waals surface area (Å²) >= 11 is 0. The topological polar surface area (TPSA) is 48.0 Å². The van der Waals surface area contributed by atoms with Gasteiger partial charge in [0.25, 0.3) is 0 Å². The summed E-state index contributed by atoms with van der Waals surface area (Å²) in [6.45, 7) is 0. The van der Waals surface area contributed by atoms with Crippen LogP contribution in [0.1, 0.15) is 5.69 Å². The van der Waals surface area contributed by atoms with Crippen LogP contribution in [0.2, 0.25) is 0 Å². The van der Waals surface area contributed by atoms with Crippen LogP contribution < -0.4 is 0 Å². The standard InChI is InChI=1S/C8H9N5/c1-12-4-2-3-8(12)5-11-13-6-9-10-7-13/h2-7H,1H3/b11-5+. The summed E-state index contributed by atoms with van der Waals surface area (Å²) in [6, 6.07) is 3.95. The predicted octanol–water partition coefficient (Wildman–Crippen LogP) is 0.499. The molecule has 0 unspecified atom stereocenters. The van der Waals surface area contributed by atoms with Gasteiger partial charge in [-0.2, -0.15) is 5.10 Å². The number of aryl methyl sites for hydroxylation is 1. The summed E-state index contributed by atoms with van der Waals surface area (Å²) in [5.41, 5.74) is 1.04. The molecule has 2 aromatic heterocycles. The van der Waals surface area contributed by atoms with Crippen molar-refractivity contribution in [3.8, 4) is 0 Å². The molecule has 0 bridgehead atoms.